The summed E-state index contributed by atoms with van der Waals surface area (Å²) < 4.78 is 2.80. The molecule has 0 fully saturated rings. The number of rotatable bonds is 3. The van der Waals surface area contributed by atoms with Crippen LogP contribution in [0.2, 0.25) is 0 Å². The molecular formula is C24H24AuP. The molecule has 0 spiro atoms. The molecule has 0 nitrogen and oxygen atoms in total. The van der Waals surface area contributed by atoms with E-state index in [1.807, 2.05) is 0 Å². The first kappa shape index (κ1) is 20.7. The third-order valence-corrected chi connectivity index (χ3v) is 6.17. The Kier molecular flexibility index (Phi) is 8.37. The molecule has 0 saturated heterocycles. The van der Waals surface area contributed by atoms with Crippen LogP contribution in [0.3, 0.4) is 0 Å². The number of hydrogen-bond acceptors (Lipinski definition) is 0. The molecule has 0 aliphatic rings. The predicted molar refractivity (Wildman–Crippen MR) is 112 cm³/mol. The molecular weight excluding hydrogens is 516 g/mol. The molecule has 0 radical (unpaired) electrons. The van der Waals surface area contributed by atoms with Crippen LogP contribution in [0.1, 0.15) is 20.8 Å². The summed E-state index contributed by atoms with van der Waals surface area (Å²) in [7, 11) is -0.446. The minimum absolute atomic E-state index is 0.175. The van der Waals surface area contributed by atoms with Gasteiger partial charge in [-0.05, 0) is 23.8 Å². The van der Waals surface area contributed by atoms with Crippen LogP contribution in [-0.2, 0) is 21.1 Å². The van der Waals surface area contributed by atoms with Gasteiger partial charge in [-0.25, -0.2) is 0 Å². The first-order valence-corrected chi connectivity index (χ1v) is 11.0. The van der Waals surface area contributed by atoms with Crippen molar-refractivity contribution in [1.29, 1.82) is 0 Å². The van der Waals surface area contributed by atoms with E-state index in [-0.39, 0.29) is 5.41 Å². The van der Waals surface area contributed by atoms with Crippen LogP contribution in [0.15, 0.2) is 91.0 Å². The Morgan fingerprint density at radius 1 is 0.615 bits per heavy atom. The zero-order chi connectivity index (χ0) is 18.8. The van der Waals surface area contributed by atoms with Gasteiger partial charge in [-0.2, -0.15) is 0 Å². The molecule has 3 aromatic carbocycles. The molecule has 2 heteroatoms. The first-order valence-electron chi connectivity index (χ1n) is 8.55. The minimum Gasteiger partial charge on any atom is -0.0622 e. The molecule has 0 aliphatic heterocycles. The van der Waals surface area contributed by atoms with Gasteiger partial charge < -0.3 is 0 Å². The largest absolute Gasteiger partial charge is 0.0622 e. The Labute approximate surface area is 171 Å². The Balaban J connectivity index is 0.000000298. The summed E-state index contributed by atoms with van der Waals surface area (Å²) in [6.45, 7) is 6.28. The SMILES string of the molecule is CC(C)(C)C#[C][Au].c1ccc(P(c2ccccc2)c2ccccc2)cc1. The van der Waals surface area contributed by atoms with Crippen molar-refractivity contribution in [2.75, 3.05) is 0 Å². The van der Waals surface area contributed by atoms with Gasteiger partial charge in [0, 0.05) is 0 Å². The van der Waals surface area contributed by atoms with Crippen LogP contribution in [0, 0.1) is 15.5 Å². The standard InChI is InChI=1S/C18H15P.C6H9.Au/c1-4-10-16(11-5-1)19(17-12-6-2-7-13-17)18-14-8-3-9-15-18;1-5-6(2,3)4;/h1-15H;2-4H3;. The van der Waals surface area contributed by atoms with Gasteiger partial charge in [0.1, 0.15) is 0 Å². The summed E-state index contributed by atoms with van der Waals surface area (Å²) in [6.07, 6.45) is 0. The molecule has 136 valence electrons. The molecule has 0 amide bonds. The van der Waals surface area contributed by atoms with Crippen LogP contribution < -0.4 is 15.9 Å². The van der Waals surface area contributed by atoms with E-state index in [4.69, 9.17) is 0 Å². The van der Waals surface area contributed by atoms with Gasteiger partial charge in [-0.3, -0.25) is 0 Å². The van der Waals surface area contributed by atoms with Gasteiger partial charge in [0.05, 0.1) is 0 Å². The molecule has 0 bridgehead atoms. The van der Waals surface area contributed by atoms with E-state index < -0.39 is 7.92 Å². The maximum Gasteiger partial charge on any atom is -0.0134 e. The molecule has 0 aliphatic carbocycles. The first-order chi connectivity index (χ1) is 12.5. The van der Waals surface area contributed by atoms with E-state index in [2.05, 4.69) is 143 Å². The molecule has 3 rings (SSSR count). The monoisotopic (exact) mass is 540 g/mol. The zero-order valence-corrected chi connectivity index (χ0v) is 18.5. The second kappa shape index (κ2) is 10.5. The van der Waals surface area contributed by atoms with E-state index >= 15 is 0 Å². The van der Waals surface area contributed by atoms with Crippen LogP contribution in [0.25, 0.3) is 0 Å². The van der Waals surface area contributed by atoms with Crippen molar-refractivity contribution in [3.05, 3.63) is 91.0 Å². The fourth-order valence-corrected chi connectivity index (χ4v) is 5.41. The summed E-state index contributed by atoms with van der Waals surface area (Å²) in [4.78, 5) is 0. The molecule has 3 aromatic rings. The van der Waals surface area contributed by atoms with Gasteiger partial charge >= 0.3 is 57.3 Å². The van der Waals surface area contributed by atoms with Gasteiger partial charge in [-0.1, -0.05) is 91.0 Å². The summed E-state index contributed by atoms with van der Waals surface area (Å²) >= 11 is 2.21. The van der Waals surface area contributed by atoms with Crippen LogP contribution >= 0.6 is 7.92 Å². The van der Waals surface area contributed by atoms with E-state index in [1.165, 1.54) is 15.9 Å². The Morgan fingerprint density at radius 2 is 0.923 bits per heavy atom. The topological polar surface area (TPSA) is 0 Å². The average molecular weight is 540 g/mol. The van der Waals surface area contributed by atoms with E-state index in [0.717, 1.165) is 0 Å². The maximum absolute atomic E-state index is 3.01. The van der Waals surface area contributed by atoms with Crippen molar-refractivity contribution in [3.8, 4) is 10.1 Å². The van der Waals surface area contributed by atoms with Gasteiger partial charge in [0.15, 0.2) is 0 Å². The van der Waals surface area contributed by atoms with Crippen molar-refractivity contribution in [3.63, 3.8) is 0 Å². The van der Waals surface area contributed by atoms with Crippen molar-refractivity contribution in [2.24, 2.45) is 5.41 Å². The molecule has 26 heavy (non-hydrogen) atoms. The van der Waals surface area contributed by atoms with E-state index in [1.54, 1.807) is 0 Å². The molecule has 0 aromatic heterocycles. The molecule has 0 atom stereocenters. The minimum atomic E-state index is -0.446. The number of benzene rings is 3. The fraction of sp³-hybridized carbons (Fsp3) is 0.167. The third kappa shape index (κ3) is 6.95. The molecule has 0 N–H and O–H groups in total. The fourth-order valence-electron chi connectivity index (χ4n) is 2.29. The Bertz CT molecular complexity index is 731. The third-order valence-electron chi connectivity index (χ3n) is 3.46. The molecule has 0 unspecified atom stereocenters. The van der Waals surface area contributed by atoms with Crippen molar-refractivity contribution >= 4 is 23.8 Å². The van der Waals surface area contributed by atoms with Crippen LogP contribution in [0.4, 0.5) is 0 Å². The van der Waals surface area contributed by atoms with Crippen LogP contribution in [0.5, 0.6) is 0 Å². The number of hydrogen-bond donors (Lipinski definition) is 0. The molecule has 0 heterocycles. The van der Waals surface area contributed by atoms with Gasteiger partial charge in [0.2, 0.25) is 0 Å². The van der Waals surface area contributed by atoms with Gasteiger partial charge in [0.25, 0.3) is 0 Å². The van der Waals surface area contributed by atoms with E-state index in [0.29, 0.717) is 0 Å². The Hall–Kier alpha value is -1.61. The molecule has 0 saturated carbocycles. The second-order valence-corrected chi connectivity index (χ2v) is 9.55. The quantitative estimate of drug-likeness (QED) is 0.250. The van der Waals surface area contributed by atoms with Crippen molar-refractivity contribution < 1.29 is 21.1 Å². The second-order valence-electron chi connectivity index (χ2n) is 6.79. The average Bonchev–Trinajstić information content (AvgIpc) is 2.64. The van der Waals surface area contributed by atoms with Crippen molar-refractivity contribution in [1.82, 2.24) is 0 Å². The van der Waals surface area contributed by atoms with E-state index in [9.17, 15) is 0 Å². The van der Waals surface area contributed by atoms with Gasteiger partial charge in [-0.15, -0.1) is 0 Å². The summed E-state index contributed by atoms with van der Waals surface area (Å²) in [6, 6.07) is 32.3. The predicted octanol–water partition coefficient (Wildman–Crippen LogP) is 4.99. The van der Waals surface area contributed by atoms with Crippen LogP contribution in [-0.4, -0.2) is 0 Å². The zero-order valence-electron chi connectivity index (χ0n) is 15.4. The van der Waals surface area contributed by atoms with Crippen molar-refractivity contribution in [2.45, 2.75) is 20.8 Å². The normalized spacial score (nSPS) is 10.4. The summed E-state index contributed by atoms with van der Waals surface area (Å²) in [5, 5.41) is 4.19. The Morgan fingerprint density at radius 3 is 1.12 bits per heavy atom. The summed E-state index contributed by atoms with van der Waals surface area (Å²) in [5.74, 6) is 3.01. The smallest absolute Gasteiger partial charge is 0.0134 e. The maximum atomic E-state index is 3.01. The summed E-state index contributed by atoms with van der Waals surface area (Å²) in [5.41, 5.74) is 0.175.